The minimum absolute atomic E-state index is 0.00926. The van der Waals surface area contributed by atoms with Gasteiger partial charge in [-0.05, 0) is 289 Å². The SMILES string of the molecule is CC(C)C1CC1.CC(C)C1CCC(Cl)C1.CC(C)C1CCC(O)CC1.CC(C)C1CCC1.CC(C)C1CCOC1.CC(C)CC1CCCNC1.CC(C)CCO.CC(C)c1ccc(F)cc1.CC(C)c1cccc(F)c1.CC(C)c1ccccc1F.CCOC(=O)C1CCC(C(C)C)CC1. The molecule has 3 aromatic carbocycles. The summed E-state index contributed by atoms with van der Waals surface area (Å²) < 4.78 is 48.0. The number of carbonyl (C=O) groups excluding carboxylic acids is 1. The highest BCUT2D eigenvalue weighted by Gasteiger charge is 2.29. The molecule has 3 aromatic rings. The van der Waals surface area contributed by atoms with Crippen molar-refractivity contribution in [2.45, 2.75) is 323 Å². The van der Waals surface area contributed by atoms with Crippen molar-refractivity contribution in [2.24, 2.45) is 94.7 Å². The molecule has 4 atom stereocenters. The first-order valence-electron chi connectivity index (χ1n) is 40.8. The Kier molecular flexibility index (Phi) is 55.6. The average Bonchev–Trinajstić information content (AvgIpc) is 1.10. The van der Waals surface area contributed by atoms with Crippen LogP contribution in [0.3, 0.4) is 0 Å². The van der Waals surface area contributed by atoms with Gasteiger partial charge in [0.05, 0.1) is 18.6 Å². The topological polar surface area (TPSA) is 88.0 Å². The molecule has 2 heterocycles. The Morgan fingerprint density at radius 1 is 0.520 bits per heavy atom. The maximum Gasteiger partial charge on any atom is 0.308 e. The zero-order valence-corrected chi connectivity index (χ0v) is 69.5. The number of benzene rings is 3. The summed E-state index contributed by atoms with van der Waals surface area (Å²) >= 11 is 5.95. The second-order valence-electron chi connectivity index (χ2n) is 34.1. The average molecular weight is 1430 g/mol. The van der Waals surface area contributed by atoms with Crippen LogP contribution in [0.5, 0.6) is 0 Å². The predicted molar refractivity (Wildman–Crippen MR) is 428 cm³/mol. The summed E-state index contributed by atoms with van der Waals surface area (Å²) in [7, 11) is 0. The molecule has 100 heavy (non-hydrogen) atoms. The van der Waals surface area contributed by atoms with E-state index in [9.17, 15) is 23.1 Å². The first-order chi connectivity index (χ1) is 47.1. The lowest BCUT2D eigenvalue weighted by Crippen LogP contribution is -2.30. The van der Waals surface area contributed by atoms with Gasteiger partial charge in [-0.1, -0.05) is 214 Å². The first kappa shape index (κ1) is 97.0. The number of alkyl halides is 1. The molecule has 7 fully saturated rings. The molecule has 6 nitrogen and oxygen atoms in total. The van der Waals surface area contributed by atoms with Crippen LogP contribution in [0.1, 0.15) is 329 Å². The number of rotatable bonds is 15. The van der Waals surface area contributed by atoms with Gasteiger partial charge in [0.2, 0.25) is 0 Å². The van der Waals surface area contributed by atoms with Crippen LogP contribution in [-0.4, -0.2) is 67.2 Å². The van der Waals surface area contributed by atoms with Crippen LogP contribution in [0.4, 0.5) is 13.2 Å². The zero-order valence-electron chi connectivity index (χ0n) is 68.8. The molecule has 0 aromatic heterocycles. The summed E-state index contributed by atoms with van der Waals surface area (Å²) in [5.41, 5.74) is 3.03. The molecule has 0 spiro atoms. The van der Waals surface area contributed by atoms with Gasteiger partial charge in [0.1, 0.15) is 17.5 Å². The first-order valence-corrected chi connectivity index (χ1v) is 41.2. The third-order valence-electron chi connectivity index (χ3n) is 21.4. The minimum Gasteiger partial charge on any atom is -0.466 e. The lowest BCUT2D eigenvalue weighted by atomic mass is 9.77. The van der Waals surface area contributed by atoms with Gasteiger partial charge in [-0.2, -0.15) is 0 Å². The van der Waals surface area contributed by atoms with Crippen molar-refractivity contribution in [1.29, 1.82) is 0 Å². The summed E-state index contributed by atoms with van der Waals surface area (Å²) in [5.74, 6) is 14.3. The van der Waals surface area contributed by atoms with Crippen molar-refractivity contribution < 1.29 is 37.7 Å². The molecule has 0 amide bonds. The summed E-state index contributed by atoms with van der Waals surface area (Å²) in [5, 5.41) is 21.4. The molecule has 2 saturated heterocycles. The molecule has 0 bridgehead atoms. The van der Waals surface area contributed by atoms with Gasteiger partial charge in [-0.3, -0.25) is 4.79 Å². The third kappa shape index (κ3) is 49.0. The lowest BCUT2D eigenvalue weighted by molar-refractivity contribution is -0.149. The number of ether oxygens (including phenoxy) is 2. The summed E-state index contributed by atoms with van der Waals surface area (Å²) in [6.07, 6.45) is 26.8. The monoisotopic (exact) mass is 1430 g/mol. The van der Waals surface area contributed by atoms with Crippen LogP contribution in [0.25, 0.3) is 0 Å². The fourth-order valence-electron chi connectivity index (χ4n) is 13.3. The third-order valence-corrected chi connectivity index (χ3v) is 21.8. The molecule has 7 aliphatic rings. The van der Waals surface area contributed by atoms with E-state index < -0.39 is 0 Å². The van der Waals surface area contributed by atoms with Crippen molar-refractivity contribution >= 4 is 17.6 Å². The number of piperidine rings is 1. The van der Waals surface area contributed by atoms with E-state index >= 15 is 0 Å². The van der Waals surface area contributed by atoms with E-state index in [-0.39, 0.29) is 41.4 Å². The molecular formula is C90H159ClF3NO5. The van der Waals surface area contributed by atoms with Gasteiger partial charge in [0.15, 0.2) is 0 Å². The second-order valence-corrected chi connectivity index (χ2v) is 34.7. The number of hydrogen-bond acceptors (Lipinski definition) is 6. The van der Waals surface area contributed by atoms with E-state index in [1.807, 2.05) is 51.1 Å². The molecule has 5 saturated carbocycles. The van der Waals surface area contributed by atoms with Gasteiger partial charge >= 0.3 is 5.97 Å². The van der Waals surface area contributed by atoms with Crippen molar-refractivity contribution in [3.05, 3.63) is 107 Å². The Morgan fingerprint density at radius 3 is 1.31 bits per heavy atom. The van der Waals surface area contributed by atoms with Crippen LogP contribution >= 0.6 is 11.6 Å². The van der Waals surface area contributed by atoms with Gasteiger partial charge in [0, 0.05) is 25.2 Å². The fraction of sp³-hybridized carbons (Fsp3) is 0.789. The number of carbonyl (C=O) groups is 1. The van der Waals surface area contributed by atoms with E-state index in [0.717, 1.165) is 139 Å². The van der Waals surface area contributed by atoms with Crippen molar-refractivity contribution in [3.8, 4) is 0 Å². The minimum atomic E-state index is -0.163. The van der Waals surface area contributed by atoms with Gasteiger partial charge in [-0.25, -0.2) is 13.2 Å². The van der Waals surface area contributed by atoms with Gasteiger partial charge in [0.25, 0.3) is 0 Å². The molecular weight excluding hydrogens is 1270 g/mol. The van der Waals surface area contributed by atoms with E-state index in [4.69, 9.17) is 26.2 Å². The zero-order chi connectivity index (χ0) is 75.9. The van der Waals surface area contributed by atoms with Crippen molar-refractivity contribution in [1.82, 2.24) is 5.32 Å². The van der Waals surface area contributed by atoms with Crippen LogP contribution in [-0.2, 0) is 14.3 Å². The Morgan fingerprint density at radius 2 is 1.01 bits per heavy atom. The number of aliphatic hydroxyl groups is 2. The Labute approximate surface area is 621 Å². The summed E-state index contributed by atoms with van der Waals surface area (Å²) in [6.45, 7) is 55.7. The molecule has 5 aliphatic carbocycles. The van der Waals surface area contributed by atoms with Crippen LogP contribution in [0, 0.1) is 112 Å². The number of halogens is 4. The second kappa shape index (κ2) is 57.3. The summed E-state index contributed by atoms with van der Waals surface area (Å²) in [6, 6.07) is 20.2. The van der Waals surface area contributed by atoms with Gasteiger partial charge < -0.3 is 25.0 Å². The highest BCUT2D eigenvalue weighted by molar-refractivity contribution is 6.20. The largest absolute Gasteiger partial charge is 0.466 e. The van der Waals surface area contributed by atoms with Crippen LogP contribution in [0.15, 0.2) is 72.8 Å². The fourth-order valence-corrected chi connectivity index (χ4v) is 13.6. The smallest absolute Gasteiger partial charge is 0.308 e. The Hall–Kier alpha value is -2.95. The van der Waals surface area contributed by atoms with Crippen molar-refractivity contribution in [2.75, 3.05) is 39.5 Å². The number of esters is 1. The van der Waals surface area contributed by atoms with Crippen LogP contribution in [0.2, 0.25) is 0 Å². The number of nitrogens with one attached hydrogen (secondary N) is 1. The molecule has 4 unspecified atom stereocenters. The Bertz CT molecular complexity index is 2350. The highest BCUT2D eigenvalue weighted by Crippen LogP contribution is 2.37. The van der Waals surface area contributed by atoms with Crippen LogP contribution < -0.4 is 5.32 Å². The molecule has 10 heteroatoms. The normalized spacial score (nSPS) is 22.4. The number of aliphatic hydroxyl groups excluding tert-OH is 2. The summed E-state index contributed by atoms with van der Waals surface area (Å²) in [4.78, 5) is 11.5. The maximum absolute atomic E-state index is 12.8. The molecule has 3 N–H and O–H groups in total. The molecule has 0 radical (unpaired) electrons. The molecule has 10 rings (SSSR count). The quantitative estimate of drug-likeness (QED) is 0.104. The van der Waals surface area contributed by atoms with Gasteiger partial charge in [-0.15, -0.1) is 11.6 Å². The van der Waals surface area contributed by atoms with E-state index in [1.54, 1.807) is 18.2 Å². The maximum atomic E-state index is 12.8. The highest BCUT2D eigenvalue weighted by atomic mass is 35.5. The van der Waals surface area contributed by atoms with E-state index in [2.05, 4.69) is 144 Å². The standard InChI is InChI=1S/C12H22O2.3C9H11F.C9H19N.C9H18O.C8H15Cl.C7H14O.C7H14.C6H12.C5H12O/c1-4-14-12(13)11-7-5-10(6-8-11)9(2)3;1-7(2)8-3-5-9(10)6-4-8;1-7(2)8-4-3-5-9(10)6-8;1-7(2)8-5-3-4-6-9(8)10;1-8(2)6-9-4-3-5-10-7-9;1-7(2)8-3-5-9(10)6-4-8;1-6(2)7-3-4-8(9)5-7;1-6(2)7-3-4-8-5-7;1-6(2)7-4-3-5-7;1-5(2)6-3-4-6;1-5(2)3-4-6/h9-11H,4-8H2,1-3H3;3*3-7H,1-2H3;8-10H,3-7H2,1-2H3;7-10H,3-6H2,1-2H3;6-8H,3-5H2,1-2H3;6-7H,3-5H2,1-2H3;6-7H,3-5H2,1-2H3;2*5-6H,3-4H2,1-2H3. The van der Waals surface area contributed by atoms with E-state index in [0.29, 0.717) is 36.3 Å². The van der Waals surface area contributed by atoms with Crippen molar-refractivity contribution in [3.63, 3.8) is 0 Å². The lowest BCUT2D eigenvalue weighted by Gasteiger charge is -2.29. The van der Waals surface area contributed by atoms with E-state index in [1.165, 1.54) is 146 Å². The molecule has 582 valence electrons. The number of hydrogen-bond donors (Lipinski definition) is 3. The Balaban J connectivity index is 0.00000109. The molecule has 2 aliphatic heterocycles. The predicted octanol–water partition coefficient (Wildman–Crippen LogP) is 26.3.